The molecule has 1 aliphatic rings. The van der Waals surface area contributed by atoms with E-state index in [0.29, 0.717) is 51.8 Å². The lowest BCUT2D eigenvalue weighted by atomic mass is 10.1. The Morgan fingerprint density at radius 1 is 1.37 bits per heavy atom. The van der Waals surface area contributed by atoms with E-state index >= 15 is 0 Å². The van der Waals surface area contributed by atoms with Crippen LogP contribution in [0.15, 0.2) is 66.5 Å². The zero-order valence-electron chi connectivity index (χ0n) is 21.7. The average molecular weight is 525 g/mol. The predicted octanol–water partition coefficient (Wildman–Crippen LogP) is 6.46. The van der Waals surface area contributed by atoms with Crippen LogP contribution in [0.1, 0.15) is 37.9 Å². The van der Waals surface area contributed by atoms with Gasteiger partial charge in [-0.25, -0.2) is 18.2 Å². The van der Waals surface area contributed by atoms with Crippen LogP contribution in [-0.2, 0) is 4.79 Å². The van der Waals surface area contributed by atoms with Gasteiger partial charge in [-0.2, -0.15) is 0 Å². The van der Waals surface area contributed by atoms with Gasteiger partial charge in [-0.1, -0.05) is 18.7 Å². The van der Waals surface area contributed by atoms with Gasteiger partial charge in [-0.3, -0.25) is 9.20 Å². The molecule has 0 aliphatic heterocycles. The Hall–Kier alpha value is -4.01. The van der Waals surface area contributed by atoms with Crippen LogP contribution in [0.3, 0.4) is 0 Å². The molecule has 0 bridgehead atoms. The number of anilines is 1. The van der Waals surface area contributed by atoms with Crippen LogP contribution in [0.4, 0.5) is 18.9 Å². The molecule has 0 spiro atoms. The number of carbonyl (C=O) groups is 1. The fourth-order valence-electron chi connectivity index (χ4n) is 4.01. The zero-order valence-corrected chi connectivity index (χ0v) is 21.7. The molecule has 3 aromatic rings. The van der Waals surface area contributed by atoms with Gasteiger partial charge in [0.25, 0.3) is 12.3 Å². The summed E-state index contributed by atoms with van der Waals surface area (Å²) in [5.41, 5.74) is 3.01. The molecule has 1 N–H and O–H groups in total. The number of ether oxygens (including phenoxy) is 1. The summed E-state index contributed by atoms with van der Waals surface area (Å²) in [5, 5.41) is 2.96. The SMILES string of the molecule is C=C(C)C(=CC=Cc1cnc2c(N(CC)CC(F)F)cc(Oc3cccc(F)c3C)cn12)C(=O)NC1CC1. The Bertz CT molecular complexity index is 1410. The van der Waals surface area contributed by atoms with Gasteiger partial charge in [0.2, 0.25) is 0 Å². The summed E-state index contributed by atoms with van der Waals surface area (Å²) in [6.45, 7) is 8.91. The van der Waals surface area contributed by atoms with Crippen molar-refractivity contribution in [2.75, 3.05) is 18.0 Å². The van der Waals surface area contributed by atoms with Crippen LogP contribution < -0.4 is 15.0 Å². The molecule has 0 saturated heterocycles. The molecular weight excluding hydrogens is 493 g/mol. The van der Waals surface area contributed by atoms with Crippen molar-refractivity contribution in [2.45, 2.75) is 46.1 Å². The molecule has 0 atom stereocenters. The maximum Gasteiger partial charge on any atom is 0.255 e. The lowest BCUT2D eigenvalue weighted by Crippen LogP contribution is -2.29. The minimum atomic E-state index is -2.55. The lowest BCUT2D eigenvalue weighted by molar-refractivity contribution is -0.117. The first kappa shape index (κ1) is 27.0. The highest BCUT2D eigenvalue weighted by molar-refractivity contribution is 5.98. The summed E-state index contributed by atoms with van der Waals surface area (Å²) >= 11 is 0. The van der Waals surface area contributed by atoms with Gasteiger partial charge in [0.05, 0.1) is 30.3 Å². The largest absolute Gasteiger partial charge is 0.455 e. The van der Waals surface area contributed by atoms with Gasteiger partial charge in [-0.15, -0.1) is 0 Å². The fourth-order valence-corrected chi connectivity index (χ4v) is 4.01. The normalized spacial score (nSPS) is 13.9. The summed E-state index contributed by atoms with van der Waals surface area (Å²) in [6, 6.07) is 6.39. The van der Waals surface area contributed by atoms with E-state index < -0.39 is 18.8 Å². The van der Waals surface area contributed by atoms with Crippen molar-refractivity contribution in [3.05, 3.63) is 83.6 Å². The van der Waals surface area contributed by atoms with Crippen molar-refractivity contribution in [3.8, 4) is 11.5 Å². The number of fused-ring (bicyclic) bond motifs is 1. The molecule has 1 aliphatic carbocycles. The topological polar surface area (TPSA) is 58.9 Å². The Morgan fingerprint density at radius 2 is 2.13 bits per heavy atom. The molecule has 200 valence electrons. The third kappa shape index (κ3) is 6.27. The number of hydrogen-bond acceptors (Lipinski definition) is 4. The van der Waals surface area contributed by atoms with Gasteiger partial charge in [0.1, 0.15) is 17.3 Å². The van der Waals surface area contributed by atoms with Gasteiger partial charge in [0, 0.05) is 29.8 Å². The van der Waals surface area contributed by atoms with E-state index in [0.717, 1.165) is 12.8 Å². The molecule has 9 heteroatoms. The molecular formula is C29H31F3N4O2. The second-order valence-corrected chi connectivity index (χ2v) is 9.30. The highest BCUT2D eigenvalue weighted by atomic mass is 19.3. The first-order valence-corrected chi connectivity index (χ1v) is 12.5. The molecule has 1 saturated carbocycles. The summed E-state index contributed by atoms with van der Waals surface area (Å²) in [6.07, 6.45) is 7.87. The number of pyridine rings is 1. The molecule has 2 heterocycles. The number of hydrogen-bond donors (Lipinski definition) is 1. The van der Waals surface area contributed by atoms with Crippen LogP contribution in [0.2, 0.25) is 0 Å². The molecule has 6 nitrogen and oxygen atoms in total. The van der Waals surface area contributed by atoms with E-state index in [1.165, 1.54) is 11.0 Å². The average Bonchev–Trinajstić information content (AvgIpc) is 3.59. The number of amides is 1. The summed E-state index contributed by atoms with van der Waals surface area (Å²) in [5.74, 6) is 0.0780. The van der Waals surface area contributed by atoms with Crippen LogP contribution in [-0.4, -0.2) is 40.8 Å². The molecule has 38 heavy (non-hydrogen) atoms. The number of imidazole rings is 1. The number of benzene rings is 1. The number of allylic oxidation sites excluding steroid dienone is 2. The Labute approximate surface area is 220 Å². The van der Waals surface area contributed by atoms with E-state index in [9.17, 15) is 18.0 Å². The van der Waals surface area contributed by atoms with E-state index in [1.807, 2.05) is 0 Å². The Kier molecular flexibility index (Phi) is 8.24. The predicted molar refractivity (Wildman–Crippen MR) is 143 cm³/mol. The van der Waals surface area contributed by atoms with Crippen LogP contribution in [0.5, 0.6) is 11.5 Å². The van der Waals surface area contributed by atoms with Gasteiger partial charge in [-0.05, 0) is 63.5 Å². The maximum atomic E-state index is 14.1. The Balaban J connectivity index is 1.74. The van der Waals surface area contributed by atoms with Gasteiger partial charge in [0.15, 0.2) is 5.65 Å². The molecule has 0 unspecified atom stereocenters. The number of aromatic nitrogens is 2. The van der Waals surface area contributed by atoms with Crippen molar-refractivity contribution >= 4 is 23.3 Å². The van der Waals surface area contributed by atoms with E-state index in [1.54, 1.807) is 74.0 Å². The number of carbonyl (C=O) groups excluding carboxylic acids is 1. The highest BCUT2D eigenvalue weighted by Gasteiger charge is 2.24. The Morgan fingerprint density at radius 3 is 2.79 bits per heavy atom. The number of halogens is 3. The van der Waals surface area contributed by atoms with Crippen molar-refractivity contribution in [3.63, 3.8) is 0 Å². The fraction of sp³-hybridized carbons (Fsp3) is 0.310. The molecule has 2 aromatic heterocycles. The number of nitrogens with one attached hydrogen (secondary N) is 1. The molecule has 4 rings (SSSR count). The third-order valence-corrected chi connectivity index (χ3v) is 6.26. The molecule has 1 fully saturated rings. The second kappa shape index (κ2) is 11.6. The van der Waals surface area contributed by atoms with Crippen LogP contribution in [0, 0.1) is 12.7 Å². The van der Waals surface area contributed by atoms with Gasteiger partial charge < -0.3 is 15.0 Å². The number of rotatable bonds is 11. The zero-order chi connectivity index (χ0) is 27.4. The lowest BCUT2D eigenvalue weighted by Gasteiger charge is -2.24. The molecule has 1 amide bonds. The van der Waals surface area contributed by atoms with Crippen molar-refractivity contribution in [2.24, 2.45) is 0 Å². The van der Waals surface area contributed by atoms with E-state index in [4.69, 9.17) is 4.74 Å². The quantitative estimate of drug-likeness (QED) is 0.231. The number of nitrogens with zero attached hydrogens (tertiary/aromatic N) is 3. The highest BCUT2D eigenvalue weighted by Crippen LogP contribution is 2.33. The third-order valence-electron chi connectivity index (χ3n) is 6.26. The minimum Gasteiger partial charge on any atom is -0.455 e. The monoisotopic (exact) mass is 524 g/mol. The summed E-state index contributed by atoms with van der Waals surface area (Å²) in [4.78, 5) is 18.6. The summed E-state index contributed by atoms with van der Waals surface area (Å²) in [7, 11) is 0. The van der Waals surface area contributed by atoms with Crippen molar-refractivity contribution in [1.29, 1.82) is 0 Å². The molecule has 0 radical (unpaired) electrons. The van der Waals surface area contributed by atoms with E-state index in [2.05, 4.69) is 16.9 Å². The summed E-state index contributed by atoms with van der Waals surface area (Å²) < 4.78 is 48.6. The first-order valence-electron chi connectivity index (χ1n) is 12.5. The molecule has 1 aromatic carbocycles. The van der Waals surface area contributed by atoms with Crippen molar-refractivity contribution in [1.82, 2.24) is 14.7 Å². The minimum absolute atomic E-state index is 0.170. The second-order valence-electron chi connectivity index (χ2n) is 9.30. The van der Waals surface area contributed by atoms with Crippen LogP contribution >= 0.6 is 0 Å². The standard InChI is InChI=1S/C29H31F3N4O2/c1-5-35(17-27(31)32)25-14-22(38-26-11-7-10-24(30)19(26)4)16-36-21(15-33-28(25)36)8-6-9-23(18(2)3)29(37)34-20-12-13-20/h6-11,14-16,20,27H,2,5,12-13,17H2,1,3-4H3,(H,34,37). The van der Waals surface area contributed by atoms with E-state index in [-0.39, 0.29) is 11.9 Å². The van der Waals surface area contributed by atoms with Crippen LogP contribution in [0.25, 0.3) is 11.7 Å². The van der Waals surface area contributed by atoms with Crippen molar-refractivity contribution < 1.29 is 22.7 Å². The first-order chi connectivity index (χ1) is 18.2. The smallest absolute Gasteiger partial charge is 0.255 e. The van der Waals surface area contributed by atoms with Gasteiger partial charge >= 0.3 is 0 Å². The maximum absolute atomic E-state index is 14.1. The number of alkyl halides is 2.